The van der Waals surface area contributed by atoms with Crippen molar-refractivity contribution in [1.29, 1.82) is 0 Å². The van der Waals surface area contributed by atoms with Crippen LogP contribution in [0.25, 0.3) is 0 Å². The van der Waals surface area contributed by atoms with Crippen LogP contribution in [0.3, 0.4) is 0 Å². The van der Waals surface area contributed by atoms with Crippen LogP contribution in [0.4, 0.5) is 17.1 Å². The zero-order valence-corrected chi connectivity index (χ0v) is 16.9. The van der Waals surface area contributed by atoms with E-state index in [0.29, 0.717) is 6.54 Å². The van der Waals surface area contributed by atoms with Crippen molar-refractivity contribution in [2.45, 2.75) is 6.54 Å². The highest BCUT2D eigenvalue weighted by atomic mass is 16.6. The molecule has 0 saturated carbocycles. The van der Waals surface area contributed by atoms with E-state index < -0.39 is 27.1 Å². The van der Waals surface area contributed by atoms with Gasteiger partial charge < -0.3 is 10.2 Å². The van der Waals surface area contributed by atoms with Crippen LogP contribution in [0, 0.1) is 20.2 Å². The first-order chi connectivity index (χ1) is 15.3. The molecule has 0 aliphatic carbocycles. The Balaban J connectivity index is 1.86. The average Bonchev–Trinajstić information content (AvgIpc) is 2.79. The number of benzene rings is 3. The van der Waals surface area contributed by atoms with Gasteiger partial charge in [0.25, 0.3) is 23.2 Å². The number of hydrogen-bond donors (Lipinski definition) is 1. The highest BCUT2D eigenvalue weighted by Crippen LogP contribution is 2.24. The van der Waals surface area contributed by atoms with Crippen molar-refractivity contribution in [1.82, 2.24) is 4.90 Å². The number of nitrogens with one attached hydrogen (secondary N) is 1. The van der Waals surface area contributed by atoms with Crippen LogP contribution in [0.2, 0.25) is 0 Å². The van der Waals surface area contributed by atoms with E-state index in [1.807, 2.05) is 30.3 Å². The van der Waals surface area contributed by atoms with Gasteiger partial charge in [-0.2, -0.15) is 0 Å². The molecule has 162 valence electrons. The Morgan fingerprint density at radius 2 is 1.44 bits per heavy atom. The lowest BCUT2D eigenvalue weighted by Crippen LogP contribution is -2.27. The quantitative estimate of drug-likeness (QED) is 0.440. The number of anilines is 1. The molecule has 0 atom stereocenters. The van der Waals surface area contributed by atoms with Gasteiger partial charge in [-0.05, 0) is 17.7 Å². The van der Waals surface area contributed by atoms with E-state index >= 15 is 0 Å². The van der Waals surface area contributed by atoms with Gasteiger partial charge in [0.05, 0.1) is 32.7 Å². The van der Waals surface area contributed by atoms with Gasteiger partial charge in [-0.1, -0.05) is 42.5 Å². The Morgan fingerprint density at radius 3 is 2.03 bits per heavy atom. The van der Waals surface area contributed by atoms with Crippen LogP contribution < -0.4 is 5.32 Å². The molecule has 3 aromatic carbocycles. The van der Waals surface area contributed by atoms with Crippen LogP contribution in [-0.4, -0.2) is 33.6 Å². The number of carbonyl (C=O) groups excluding carboxylic acids is 2. The summed E-state index contributed by atoms with van der Waals surface area (Å²) in [6.07, 6.45) is 0. The number of nitro groups is 2. The topological polar surface area (TPSA) is 136 Å². The second kappa shape index (κ2) is 9.47. The summed E-state index contributed by atoms with van der Waals surface area (Å²) in [5.74, 6) is -1.17. The van der Waals surface area contributed by atoms with Gasteiger partial charge in [-0.25, -0.2) is 0 Å². The van der Waals surface area contributed by atoms with Crippen molar-refractivity contribution in [3.8, 4) is 0 Å². The molecule has 32 heavy (non-hydrogen) atoms. The van der Waals surface area contributed by atoms with E-state index in [4.69, 9.17) is 0 Å². The summed E-state index contributed by atoms with van der Waals surface area (Å²) in [6, 6.07) is 18.3. The summed E-state index contributed by atoms with van der Waals surface area (Å²) in [4.78, 5) is 47.7. The lowest BCUT2D eigenvalue weighted by molar-refractivity contribution is -0.394. The fourth-order valence-corrected chi connectivity index (χ4v) is 3.04. The molecule has 2 amide bonds. The van der Waals surface area contributed by atoms with Gasteiger partial charge in [0.2, 0.25) is 0 Å². The van der Waals surface area contributed by atoms with E-state index in [1.165, 1.54) is 17.0 Å². The fourth-order valence-electron chi connectivity index (χ4n) is 3.04. The highest BCUT2D eigenvalue weighted by Gasteiger charge is 2.22. The van der Waals surface area contributed by atoms with Crippen LogP contribution in [0.1, 0.15) is 26.3 Å². The Bertz CT molecular complexity index is 1160. The van der Waals surface area contributed by atoms with E-state index in [2.05, 4.69) is 5.32 Å². The van der Waals surface area contributed by atoms with Crippen molar-refractivity contribution >= 4 is 28.9 Å². The van der Waals surface area contributed by atoms with Gasteiger partial charge in [-0.15, -0.1) is 0 Å². The van der Waals surface area contributed by atoms with Crippen molar-refractivity contribution in [3.05, 3.63) is 110 Å². The monoisotopic (exact) mass is 434 g/mol. The summed E-state index contributed by atoms with van der Waals surface area (Å²) in [7, 11) is 1.62. The Hall–Kier alpha value is -4.60. The molecule has 0 unspecified atom stereocenters. The molecule has 3 rings (SSSR count). The van der Waals surface area contributed by atoms with E-state index in [-0.39, 0.29) is 22.7 Å². The summed E-state index contributed by atoms with van der Waals surface area (Å²) in [5, 5.41) is 24.7. The number of rotatable bonds is 7. The lowest BCUT2D eigenvalue weighted by atomic mass is 10.1. The van der Waals surface area contributed by atoms with Gasteiger partial charge in [0.1, 0.15) is 0 Å². The van der Waals surface area contributed by atoms with Crippen molar-refractivity contribution in [2.75, 3.05) is 12.4 Å². The highest BCUT2D eigenvalue weighted by molar-refractivity contribution is 6.09. The largest absolute Gasteiger partial charge is 0.337 e. The van der Waals surface area contributed by atoms with Crippen LogP contribution in [0.15, 0.2) is 72.8 Å². The molecule has 10 nitrogen and oxygen atoms in total. The predicted molar refractivity (Wildman–Crippen MR) is 116 cm³/mol. The van der Waals surface area contributed by atoms with Gasteiger partial charge >= 0.3 is 0 Å². The minimum Gasteiger partial charge on any atom is -0.337 e. The maximum Gasteiger partial charge on any atom is 0.277 e. The normalized spacial score (nSPS) is 10.3. The molecule has 0 fully saturated rings. The number of non-ortho nitro benzene ring substituents is 2. The van der Waals surface area contributed by atoms with E-state index in [0.717, 1.165) is 23.8 Å². The number of nitrogens with zero attached hydrogens (tertiary/aromatic N) is 3. The molecule has 0 spiro atoms. The fraction of sp³-hybridized carbons (Fsp3) is 0.0909. The molecule has 0 heterocycles. The van der Waals surface area contributed by atoms with Crippen LogP contribution in [-0.2, 0) is 6.54 Å². The number of carbonyl (C=O) groups is 2. The summed E-state index contributed by atoms with van der Waals surface area (Å²) in [5.41, 5.74) is -0.136. The molecule has 0 radical (unpaired) electrons. The molecule has 0 aliphatic rings. The van der Waals surface area contributed by atoms with Crippen molar-refractivity contribution in [3.63, 3.8) is 0 Å². The molecule has 0 saturated heterocycles. The van der Waals surface area contributed by atoms with Gasteiger partial charge in [-0.3, -0.25) is 29.8 Å². The second-order valence-electron chi connectivity index (χ2n) is 6.90. The average molecular weight is 434 g/mol. The third-order valence-corrected chi connectivity index (χ3v) is 4.60. The summed E-state index contributed by atoms with van der Waals surface area (Å²) < 4.78 is 0. The van der Waals surface area contributed by atoms with Crippen molar-refractivity contribution in [2.24, 2.45) is 0 Å². The summed E-state index contributed by atoms with van der Waals surface area (Å²) in [6.45, 7) is 0.346. The number of nitro benzene ring substituents is 2. The van der Waals surface area contributed by atoms with Crippen LogP contribution in [0.5, 0.6) is 0 Å². The molecule has 1 N–H and O–H groups in total. The van der Waals surface area contributed by atoms with E-state index in [9.17, 15) is 29.8 Å². The van der Waals surface area contributed by atoms with Gasteiger partial charge in [0, 0.05) is 25.7 Å². The Kier molecular flexibility index (Phi) is 6.54. The number of hydrogen-bond acceptors (Lipinski definition) is 6. The third kappa shape index (κ3) is 5.11. The lowest BCUT2D eigenvalue weighted by Gasteiger charge is -2.19. The predicted octanol–water partition coefficient (Wildman–Crippen LogP) is 4.03. The first-order valence-electron chi connectivity index (χ1n) is 9.40. The molecular formula is C22H18N4O6. The number of amides is 2. The first-order valence-corrected chi connectivity index (χ1v) is 9.40. The smallest absolute Gasteiger partial charge is 0.277 e. The Morgan fingerprint density at radius 1 is 0.875 bits per heavy atom. The van der Waals surface area contributed by atoms with E-state index in [1.54, 1.807) is 19.2 Å². The molecule has 0 aliphatic heterocycles. The third-order valence-electron chi connectivity index (χ3n) is 4.60. The standard InChI is InChI=1S/C22H18N4O6/c1-24(14-15-7-3-2-4-8-15)22(28)19-9-5-6-10-20(19)23-21(27)16-11-17(25(29)30)13-18(12-16)26(31)32/h2-13H,14H2,1H3,(H,23,27). The molecule has 3 aromatic rings. The van der Waals surface area contributed by atoms with Crippen LogP contribution >= 0.6 is 0 Å². The zero-order valence-electron chi connectivity index (χ0n) is 16.9. The minimum absolute atomic E-state index is 0.177. The zero-order chi connectivity index (χ0) is 23.3. The number of para-hydroxylation sites is 1. The molecule has 10 heteroatoms. The SMILES string of the molecule is CN(Cc1ccccc1)C(=O)c1ccccc1NC(=O)c1cc([N+](=O)[O-])cc([N+](=O)[O-])c1. The molecule has 0 bridgehead atoms. The van der Waals surface area contributed by atoms with Gasteiger partial charge in [0.15, 0.2) is 0 Å². The molecular weight excluding hydrogens is 416 g/mol. The maximum absolute atomic E-state index is 13.0. The van der Waals surface area contributed by atoms with Crippen molar-refractivity contribution < 1.29 is 19.4 Å². The second-order valence-corrected chi connectivity index (χ2v) is 6.90. The molecule has 0 aromatic heterocycles. The Labute approximate surface area is 182 Å². The minimum atomic E-state index is -0.820. The summed E-state index contributed by atoms with van der Waals surface area (Å²) >= 11 is 0. The maximum atomic E-state index is 13.0. The first kappa shape index (κ1) is 22.1.